The van der Waals surface area contributed by atoms with Crippen molar-refractivity contribution >= 4 is 22.4 Å². The average molecular weight is 307 g/mol. The van der Waals surface area contributed by atoms with E-state index in [4.69, 9.17) is 30.5 Å². The highest BCUT2D eigenvalue weighted by atomic mass is 35.5. The van der Waals surface area contributed by atoms with Gasteiger partial charge in [-0.25, -0.2) is 0 Å². The predicted molar refractivity (Wildman–Crippen MR) is 79.4 cm³/mol. The van der Waals surface area contributed by atoms with E-state index in [9.17, 15) is 0 Å². The zero-order chi connectivity index (χ0) is 14.2. The molecule has 0 saturated carbocycles. The predicted octanol–water partition coefficient (Wildman–Crippen LogP) is 3.05. The first-order valence-electron chi connectivity index (χ1n) is 7.01. The smallest absolute Gasteiger partial charge is 0.146 e. The Morgan fingerprint density at radius 3 is 2.29 bits per heavy atom. The normalized spacial score (nSPS) is 23.1. The highest BCUT2D eigenvalue weighted by Gasteiger charge is 2.25. The van der Waals surface area contributed by atoms with Crippen LogP contribution in [0, 0.1) is 0 Å². The van der Waals surface area contributed by atoms with Crippen LogP contribution in [0.1, 0.15) is 0 Å². The van der Waals surface area contributed by atoms with Crippen LogP contribution in [0.4, 0.5) is 0 Å². The van der Waals surface area contributed by atoms with Crippen LogP contribution in [0.5, 0.6) is 11.5 Å². The number of epoxide rings is 2. The van der Waals surface area contributed by atoms with E-state index in [1.54, 1.807) is 0 Å². The van der Waals surface area contributed by atoms with E-state index < -0.39 is 0 Å². The summed E-state index contributed by atoms with van der Waals surface area (Å²) in [7, 11) is 0. The van der Waals surface area contributed by atoms with E-state index in [1.807, 2.05) is 30.3 Å². The van der Waals surface area contributed by atoms with Crippen LogP contribution in [-0.2, 0) is 9.47 Å². The van der Waals surface area contributed by atoms with Gasteiger partial charge in [0.1, 0.15) is 36.9 Å². The van der Waals surface area contributed by atoms with Gasteiger partial charge in [0.2, 0.25) is 0 Å². The molecule has 0 aromatic heterocycles. The summed E-state index contributed by atoms with van der Waals surface area (Å²) < 4.78 is 22.0. The molecular weight excluding hydrogens is 292 g/mol. The molecule has 4 nitrogen and oxygen atoms in total. The van der Waals surface area contributed by atoms with Crippen molar-refractivity contribution in [3.63, 3.8) is 0 Å². The Hall–Kier alpha value is -1.49. The number of fused-ring (bicyclic) bond motifs is 1. The molecule has 2 saturated heterocycles. The summed E-state index contributed by atoms with van der Waals surface area (Å²) in [6, 6.07) is 9.76. The lowest BCUT2D eigenvalue weighted by Gasteiger charge is -2.14. The molecule has 0 amide bonds. The summed E-state index contributed by atoms with van der Waals surface area (Å²) in [5.41, 5.74) is 0. The lowest BCUT2D eigenvalue weighted by molar-refractivity contribution is 0.261. The quantitative estimate of drug-likeness (QED) is 0.769. The molecule has 0 N–H and O–H groups in total. The van der Waals surface area contributed by atoms with E-state index >= 15 is 0 Å². The van der Waals surface area contributed by atoms with Gasteiger partial charge in [-0.1, -0.05) is 35.9 Å². The Labute approximate surface area is 127 Å². The van der Waals surface area contributed by atoms with Crippen LogP contribution >= 0.6 is 11.6 Å². The van der Waals surface area contributed by atoms with E-state index in [0.29, 0.717) is 24.0 Å². The fraction of sp³-hybridized carbons (Fsp3) is 0.375. The van der Waals surface area contributed by atoms with Gasteiger partial charge >= 0.3 is 0 Å². The number of hydrogen-bond donors (Lipinski definition) is 0. The first kappa shape index (κ1) is 13.2. The van der Waals surface area contributed by atoms with Gasteiger partial charge in [-0.2, -0.15) is 0 Å². The topological polar surface area (TPSA) is 43.5 Å². The lowest BCUT2D eigenvalue weighted by Crippen LogP contribution is -2.07. The van der Waals surface area contributed by atoms with Crippen molar-refractivity contribution < 1.29 is 18.9 Å². The maximum Gasteiger partial charge on any atom is 0.146 e. The van der Waals surface area contributed by atoms with Crippen molar-refractivity contribution in [3.05, 3.63) is 35.4 Å². The molecule has 0 aliphatic carbocycles. The monoisotopic (exact) mass is 306 g/mol. The number of benzene rings is 2. The molecule has 2 aliphatic heterocycles. The average Bonchev–Trinajstić information content (AvgIpc) is 3.37. The molecule has 0 bridgehead atoms. The summed E-state index contributed by atoms with van der Waals surface area (Å²) in [5, 5.41) is 2.51. The molecule has 2 unspecified atom stereocenters. The van der Waals surface area contributed by atoms with Crippen LogP contribution in [0.15, 0.2) is 30.3 Å². The Morgan fingerprint density at radius 1 is 1.00 bits per heavy atom. The van der Waals surface area contributed by atoms with Gasteiger partial charge in [-0.05, 0) is 0 Å². The van der Waals surface area contributed by atoms with Gasteiger partial charge in [0.15, 0.2) is 0 Å². The first-order valence-corrected chi connectivity index (χ1v) is 7.39. The first-order chi connectivity index (χ1) is 10.3. The second-order valence-corrected chi connectivity index (χ2v) is 5.67. The van der Waals surface area contributed by atoms with Gasteiger partial charge in [0.05, 0.1) is 18.2 Å². The zero-order valence-corrected chi connectivity index (χ0v) is 12.1. The third-order valence-electron chi connectivity index (χ3n) is 3.55. The standard InChI is InChI=1S/C16H15ClO4/c17-14-5-15(20-8-10-6-18-10)12-3-1-2-4-13(12)16(14)21-9-11-7-19-11/h1-5,10-11H,6-9H2. The van der Waals surface area contributed by atoms with Crippen molar-refractivity contribution in [1.29, 1.82) is 0 Å². The van der Waals surface area contributed by atoms with E-state index in [-0.39, 0.29) is 12.2 Å². The number of rotatable bonds is 6. The molecule has 2 fully saturated rings. The van der Waals surface area contributed by atoms with Crippen LogP contribution in [0.25, 0.3) is 10.8 Å². The summed E-state index contributed by atoms with van der Waals surface area (Å²) >= 11 is 6.37. The zero-order valence-electron chi connectivity index (χ0n) is 11.4. The maximum absolute atomic E-state index is 6.37. The Bertz CT molecular complexity index is 665. The van der Waals surface area contributed by atoms with Gasteiger partial charge in [0, 0.05) is 16.8 Å². The molecule has 5 heteroatoms. The molecule has 2 aromatic rings. The lowest BCUT2D eigenvalue weighted by atomic mass is 10.1. The summed E-state index contributed by atoms with van der Waals surface area (Å²) in [4.78, 5) is 0. The Morgan fingerprint density at radius 2 is 1.62 bits per heavy atom. The van der Waals surface area contributed by atoms with E-state index in [1.165, 1.54) is 0 Å². The number of ether oxygens (including phenoxy) is 4. The Balaban J connectivity index is 1.67. The van der Waals surface area contributed by atoms with Gasteiger partial charge < -0.3 is 18.9 Å². The summed E-state index contributed by atoms with van der Waals surface area (Å²) in [6.07, 6.45) is 0.410. The van der Waals surface area contributed by atoms with Crippen molar-refractivity contribution in [3.8, 4) is 11.5 Å². The van der Waals surface area contributed by atoms with Gasteiger partial charge in [0.25, 0.3) is 0 Å². The van der Waals surface area contributed by atoms with Gasteiger partial charge in [-0.3, -0.25) is 0 Å². The SMILES string of the molecule is Clc1cc(OCC2CO2)c2ccccc2c1OCC1CO1. The molecule has 2 aromatic carbocycles. The molecule has 0 spiro atoms. The summed E-state index contributed by atoms with van der Waals surface area (Å²) in [6.45, 7) is 2.61. The molecule has 110 valence electrons. The van der Waals surface area contributed by atoms with Crippen molar-refractivity contribution in [2.75, 3.05) is 26.4 Å². The van der Waals surface area contributed by atoms with Crippen molar-refractivity contribution in [1.82, 2.24) is 0 Å². The molecule has 2 aliphatic rings. The molecule has 2 heterocycles. The van der Waals surface area contributed by atoms with Gasteiger partial charge in [-0.15, -0.1) is 0 Å². The molecular formula is C16H15ClO4. The van der Waals surface area contributed by atoms with Crippen LogP contribution in [0.3, 0.4) is 0 Å². The van der Waals surface area contributed by atoms with Crippen LogP contribution < -0.4 is 9.47 Å². The summed E-state index contributed by atoms with van der Waals surface area (Å²) in [5.74, 6) is 1.46. The van der Waals surface area contributed by atoms with E-state index in [2.05, 4.69) is 0 Å². The number of halogens is 1. The molecule has 21 heavy (non-hydrogen) atoms. The molecule has 2 atom stereocenters. The maximum atomic E-state index is 6.37. The molecule has 4 rings (SSSR count). The minimum absolute atomic E-state index is 0.197. The number of hydrogen-bond acceptors (Lipinski definition) is 4. The largest absolute Gasteiger partial charge is 0.490 e. The highest BCUT2D eigenvalue weighted by Crippen LogP contribution is 2.40. The van der Waals surface area contributed by atoms with Crippen molar-refractivity contribution in [2.24, 2.45) is 0 Å². The van der Waals surface area contributed by atoms with Crippen LogP contribution in [0.2, 0.25) is 5.02 Å². The highest BCUT2D eigenvalue weighted by molar-refractivity contribution is 6.33. The van der Waals surface area contributed by atoms with Crippen LogP contribution in [-0.4, -0.2) is 38.6 Å². The second kappa shape index (κ2) is 5.37. The minimum Gasteiger partial charge on any atom is -0.490 e. The third kappa shape index (κ3) is 2.93. The van der Waals surface area contributed by atoms with Crippen molar-refractivity contribution in [2.45, 2.75) is 12.2 Å². The molecule has 0 radical (unpaired) electrons. The fourth-order valence-electron chi connectivity index (χ4n) is 2.24. The second-order valence-electron chi connectivity index (χ2n) is 5.26. The third-order valence-corrected chi connectivity index (χ3v) is 3.84. The fourth-order valence-corrected chi connectivity index (χ4v) is 2.49. The van der Waals surface area contributed by atoms with E-state index in [0.717, 1.165) is 29.7 Å². The Kier molecular flexibility index (Phi) is 3.37. The minimum atomic E-state index is 0.197.